The number of benzene rings is 1. The Morgan fingerprint density at radius 2 is 2.11 bits per heavy atom. The molecule has 0 aliphatic heterocycles. The average molecular weight is 246 g/mol. The molecule has 2 aromatic rings. The molecule has 0 aliphatic carbocycles. The van der Waals surface area contributed by atoms with Crippen molar-refractivity contribution in [3.8, 4) is 0 Å². The standard InChI is InChI=1S/C14H18N2O2/c1-4-16-9-11(8-15(2)3)12-6-5-10(14(17)18)7-13(12)16/h5-7,9H,4,8H2,1-3H3,(H,17,18). The van der Waals surface area contributed by atoms with Crippen LogP contribution in [0.15, 0.2) is 24.4 Å². The highest BCUT2D eigenvalue weighted by Gasteiger charge is 2.11. The van der Waals surface area contributed by atoms with Crippen molar-refractivity contribution in [1.82, 2.24) is 9.47 Å². The number of rotatable bonds is 4. The van der Waals surface area contributed by atoms with Crippen molar-refractivity contribution in [2.24, 2.45) is 0 Å². The van der Waals surface area contributed by atoms with E-state index in [1.807, 2.05) is 20.2 Å². The predicted molar refractivity (Wildman–Crippen MR) is 72.0 cm³/mol. The van der Waals surface area contributed by atoms with Gasteiger partial charge in [-0.25, -0.2) is 4.79 Å². The number of aryl methyl sites for hydroxylation is 1. The first-order valence-electron chi connectivity index (χ1n) is 6.02. The number of hydrogen-bond donors (Lipinski definition) is 1. The number of aromatic nitrogens is 1. The molecule has 1 aromatic carbocycles. The maximum absolute atomic E-state index is 11.0. The van der Waals surface area contributed by atoms with Gasteiger partial charge in [0.1, 0.15) is 0 Å². The average Bonchev–Trinajstić information content (AvgIpc) is 2.66. The van der Waals surface area contributed by atoms with E-state index in [0.717, 1.165) is 24.0 Å². The van der Waals surface area contributed by atoms with Crippen LogP contribution in [0, 0.1) is 0 Å². The van der Waals surface area contributed by atoms with E-state index < -0.39 is 5.97 Å². The molecular formula is C14H18N2O2. The van der Waals surface area contributed by atoms with E-state index in [9.17, 15) is 4.79 Å². The van der Waals surface area contributed by atoms with Gasteiger partial charge in [0.15, 0.2) is 0 Å². The molecule has 0 spiro atoms. The summed E-state index contributed by atoms with van der Waals surface area (Å²) in [6.07, 6.45) is 2.11. The monoisotopic (exact) mass is 246 g/mol. The van der Waals surface area contributed by atoms with E-state index in [-0.39, 0.29) is 0 Å². The summed E-state index contributed by atoms with van der Waals surface area (Å²) in [7, 11) is 4.06. The summed E-state index contributed by atoms with van der Waals surface area (Å²) in [4.78, 5) is 13.1. The van der Waals surface area contributed by atoms with Gasteiger partial charge in [0.05, 0.1) is 5.56 Å². The Morgan fingerprint density at radius 1 is 1.39 bits per heavy atom. The molecule has 96 valence electrons. The number of carboxylic acid groups (broad SMARTS) is 1. The summed E-state index contributed by atoms with van der Waals surface area (Å²) >= 11 is 0. The van der Waals surface area contributed by atoms with E-state index in [1.165, 1.54) is 5.56 Å². The second-order valence-corrected chi connectivity index (χ2v) is 4.72. The third kappa shape index (κ3) is 2.24. The van der Waals surface area contributed by atoms with Crippen molar-refractivity contribution < 1.29 is 9.90 Å². The van der Waals surface area contributed by atoms with E-state index >= 15 is 0 Å². The molecule has 1 aromatic heterocycles. The molecule has 1 heterocycles. The van der Waals surface area contributed by atoms with Crippen molar-refractivity contribution in [3.05, 3.63) is 35.5 Å². The van der Waals surface area contributed by atoms with E-state index in [0.29, 0.717) is 5.56 Å². The topological polar surface area (TPSA) is 45.5 Å². The molecule has 18 heavy (non-hydrogen) atoms. The molecular weight excluding hydrogens is 228 g/mol. The zero-order chi connectivity index (χ0) is 13.3. The van der Waals surface area contributed by atoms with Crippen LogP contribution in [-0.2, 0) is 13.1 Å². The zero-order valence-electron chi connectivity index (χ0n) is 11.0. The summed E-state index contributed by atoms with van der Waals surface area (Å²) in [5.74, 6) is -0.880. The number of carboxylic acids is 1. The van der Waals surface area contributed by atoms with Gasteiger partial charge in [0.25, 0.3) is 0 Å². The van der Waals surface area contributed by atoms with E-state index in [2.05, 4.69) is 22.6 Å². The minimum Gasteiger partial charge on any atom is -0.478 e. The van der Waals surface area contributed by atoms with Crippen LogP contribution < -0.4 is 0 Å². The molecule has 0 radical (unpaired) electrons. The van der Waals surface area contributed by atoms with Gasteiger partial charge in [-0.05, 0) is 38.7 Å². The highest BCUT2D eigenvalue weighted by atomic mass is 16.4. The minimum atomic E-state index is -0.880. The third-order valence-electron chi connectivity index (χ3n) is 3.04. The maximum atomic E-state index is 11.0. The molecule has 0 saturated carbocycles. The number of fused-ring (bicyclic) bond motifs is 1. The molecule has 0 aliphatic rings. The third-order valence-corrected chi connectivity index (χ3v) is 3.04. The number of nitrogens with zero attached hydrogens (tertiary/aromatic N) is 2. The van der Waals surface area contributed by atoms with Crippen LogP contribution in [0.4, 0.5) is 0 Å². The van der Waals surface area contributed by atoms with Crippen LogP contribution in [-0.4, -0.2) is 34.6 Å². The van der Waals surface area contributed by atoms with Crippen molar-refractivity contribution in [1.29, 1.82) is 0 Å². The minimum absolute atomic E-state index is 0.340. The Balaban J connectivity index is 2.59. The number of aromatic carboxylic acids is 1. The van der Waals surface area contributed by atoms with Gasteiger partial charge in [-0.3, -0.25) is 0 Å². The SMILES string of the molecule is CCn1cc(CN(C)C)c2ccc(C(=O)O)cc21. The van der Waals surface area contributed by atoms with E-state index in [1.54, 1.807) is 12.1 Å². The molecule has 2 rings (SSSR count). The molecule has 0 amide bonds. The molecule has 0 atom stereocenters. The van der Waals surface area contributed by atoms with Crippen molar-refractivity contribution in [2.45, 2.75) is 20.0 Å². The highest BCUT2D eigenvalue weighted by Crippen LogP contribution is 2.23. The lowest BCUT2D eigenvalue weighted by Crippen LogP contribution is -2.10. The van der Waals surface area contributed by atoms with Crippen LogP contribution in [0.1, 0.15) is 22.8 Å². The molecule has 4 heteroatoms. The van der Waals surface area contributed by atoms with Crippen LogP contribution in [0.5, 0.6) is 0 Å². The van der Waals surface area contributed by atoms with Crippen molar-refractivity contribution >= 4 is 16.9 Å². The lowest BCUT2D eigenvalue weighted by atomic mass is 10.1. The van der Waals surface area contributed by atoms with Gasteiger partial charge in [-0.2, -0.15) is 0 Å². The fourth-order valence-electron chi connectivity index (χ4n) is 2.23. The first-order valence-corrected chi connectivity index (χ1v) is 6.02. The van der Waals surface area contributed by atoms with E-state index in [4.69, 9.17) is 5.11 Å². The summed E-state index contributed by atoms with van der Waals surface area (Å²) in [6, 6.07) is 5.33. The van der Waals surface area contributed by atoms with Crippen LogP contribution in [0.2, 0.25) is 0 Å². The summed E-state index contributed by atoms with van der Waals surface area (Å²) in [5, 5.41) is 10.2. The lowest BCUT2D eigenvalue weighted by Gasteiger charge is -2.07. The first-order chi connectivity index (χ1) is 8.52. The zero-order valence-corrected chi connectivity index (χ0v) is 11.0. The van der Waals surface area contributed by atoms with Crippen LogP contribution in [0.25, 0.3) is 10.9 Å². The second kappa shape index (κ2) is 4.82. The lowest BCUT2D eigenvalue weighted by molar-refractivity contribution is 0.0697. The Labute approximate surface area is 106 Å². The largest absolute Gasteiger partial charge is 0.478 e. The van der Waals surface area contributed by atoms with Gasteiger partial charge in [-0.15, -0.1) is 0 Å². The molecule has 4 nitrogen and oxygen atoms in total. The van der Waals surface area contributed by atoms with Crippen molar-refractivity contribution in [2.75, 3.05) is 14.1 Å². The van der Waals surface area contributed by atoms with Gasteiger partial charge in [0.2, 0.25) is 0 Å². The quantitative estimate of drug-likeness (QED) is 0.901. The smallest absolute Gasteiger partial charge is 0.335 e. The Hall–Kier alpha value is -1.81. The summed E-state index contributed by atoms with van der Waals surface area (Å²) in [6.45, 7) is 3.76. The van der Waals surface area contributed by atoms with Crippen LogP contribution in [0.3, 0.4) is 0 Å². The maximum Gasteiger partial charge on any atom is 0.335 e. The fourth-order valence-corrected chi connectivity index (χ4v) is 2.23. The number of carbonyl (C=O) groups is 1. The molecule has 0 bridgehead atoms. The Bertz CT molecular complexity index is 585. The molecule has 0 unspecified atom stereocenters. The van der Waals surface area contributed by atoms with Gasteiger partial charge < -0.3 is 14.6 Å². The van der Waals surface area contributed by atoms with Gasteiger partial charge in [0, 0.05) is 30.2 Å². The molecule has 0 saturated heterocycles. The van der Waals surface area contributed by atoms with Gasteiger partial charge >= 0.3 is 5.97 Å². The Kier molecular flexibility index (Phi) is 3.39. The normalized spacial score (nSPS) is 11.3. The second-order valence-electron chi connectivity index (χ2n) is 4.72. The fraction of sp³-hybridized carbons (Fsp3) is 0.357. The number of hydrogen-bond acceptors (Lipinski definition) is 2. The van der Waals surface area contributed by atoms with Gasteiger partial charge in [-0.1, -0.05) is 6.07 Å². The summed E-state index contributed by atoms with van der Waals surface area (Å²) < 4.78 is 2.10. The predicted octanol–water partition coefficient (Wildman–Crippen LogP) is 2.42. The van der Waals surface area contributed by atoms with Crippen LogP contribution >= 0.6 is 0 Å². The highest BCUT2D eigenvalue weighted by molar-refractivity contribution is 5.94. The molecule has 0 fully saturated rings. The Morgan fingerprint density at radius 3 is 2.67 bits per heavy atom. The summed E-state index contributed by atoms with van der Waals surface area (Å²) in [5.41, 5.74) is 2.56. The first kappa shape index (κ1) is 12.6. The molecule has 1 N–H and O–H groups in total. The van der Waals surface area contributed by atoms with Crippen molar-refractivity contribution in [3.63, 3.8) is 0 Å².